The summed E-state index contributed by atoms with van der Waals surface area (Å²) in [6.45, 7) is 0.856. The molecule has 6 heteroatoms. The molecule has 1 rings (SSSR count). The highest BCUT2D eigenvalue weighted by atomic mass is 16.6. The van der Waals surface area contributed by atoms with Crippen molar-refractivity contribution in [3.8, 4) is 0 Å². The van der Waals surface area contributed by atoms with Crippen LogP contribution in [0.5, 0.6) is 0 Å². The lowest BCUT2D eigenvalue weighted by molar-refractivity contribution is -0.384. The van der Waals surface area contributed by atoms with Crippen molar-refractivity contribution in [2.45, 2.75) is 0 Å². The number of amides is 1. The van der Waals surface area contributed by atoms with E-state index >= 15 is 0 Å². The molecular weight excluding hydrogens is 246 g/mol. The van der Waals surface area contributed by atoms with Gasteiger partial charge in [0.15, 0.2) is 0 Å². The Hall–Kier alpha value is -2.47. The lowest BCUT2D eigenvalue weighted by atomic mass is 10.2. The molecule has 3 N–H and O–H groups in total. The summed E-state index contributed by atoms with van der Waals surface area (Å²) in [7, 11) is 0. The predicted molar refractivity (Wildman–Crippen MR) is 73.3 cm³/mol. The number of carbonyl (C=O) groups excluding carboxylic acids is 1. The van der Waals surface area contributed by atoms with Gasteiger partial charge in [0.2, 0.25) is 5.91 Å². The largest absolute Gasteiger partial charge is 0.349 e. The molecule has 1 aromatic rings. The predicted octanol–water partition coefficient (Wildman–Crippen LogP) is 1.24. The van der Waals surface area contributed by atoms with E-state index in [1.165, 1.54) is 18.2 Å². The Bertz CT molecular complexity index is 492. The van der Waals surface area contributed by atoms with E-state index in [0.29, 0.717) is 13.1 Å². The van der Waals surface area contributed by atoms with Gasteiger partial charge in [0, 0.05) is 31.3 Å². The van der Waals surface area contributed by atoms with Gasteiger partial charge in [-0.1, -0.05) is 12.2 Å². The number of nitrogens with two attached hydrogens (primary N) is 1. The first kappa shape index (κ1) is 14.6. The van der Waals surface area contributed by atoms with Crippen molar-refractivity contribution in [1.29, 1.82) is 0 Å². The van der Waals surface area contributed by atoms with Crippen LogP contribution in [0.4, 0.5) is 5.69 Å². The average molecular weight is 261 g/mol. The number of nitro groups is 1. The molecule has 0 spiro atoms. The van der Waals surface area contributed by atoms with E-state index in [4.69, 9.17) is 5.73 Å². The second-order valence-electron chi connectivity index (χ2n) is 3.63. The van der Waals surface area contributed by atoms with Crippen molar-refractivity contribution < 1.29 is 9.72 Å². The summed E-state index contributed by atoms with van der Waals surface area (Å²) < 4.78 is 0. The first-order valence-corrected chi connectivity index (χ1v) is 5.69. The molecule has 100 valence electrons. The van der Waals surface area contributed by atoms with Gasteiger partial charge in [-0.15, -0.1) is 0 Å². The standard InChI is InChI=1S/C13H15N3O3/c14-9-1-2-10-15-13(17)8-5-11-3-6-12(7-4-11)16(18)19/h1-8H,9-10,14H2,(H,15,17)/b2-1+,8-5+. The molecule has 0 atom stereocenters. The van der Waals surface area contributed by atoms with Gasteiger partial charge >= 0.3 is 0 Å². The van der Waals surface area contributed by atoms with Gasteiger partial charge in [-0.05, 0) is 23.8 Å². The van der Waals surface area contributed by atoms with E-state index < -0.39 is 4.92 Å². The second kappa shape index (κ2) is 7.78. The number of hydrogen-bond donors (Lipinski definition) is 2. The number of carbonyl (C=O) groups is 1. The summed E-state index contributed by atoms with van der Waals surface area (Å²) >= 11 is 0. The zero-order valence-electron chi connectivity index (χ0n) is 10.3. The minimum atomic E-state index is -0.468. The first-order chi connectivity index (χ1) is 9.13. The van der Waals surface area contributed by atoms with Crippen molar-refractivity contribution in [3.05, 3.63) is 58.2 Å². The number of hydrogen-bond acceptors (Lipinski definition) is 4. The van der Waals surface area contributed by atoms with Crippen LogP contribution < -0.4 is 11.1 Å². The van der Waals surface area contributed by atoms with Crippen molar-refractivity contribution in [2.75, 3.05) is 13.1 Å². The molecule has 0 fully saturated rings. The molecule has 6 nitrogen and oxygen atoms in total. The fourth-order valence-electron chi connectivity index (χ4n) is 1.28. The van der Waals surface area contributed by atoms with Crippen molar-refractivity contribution in [3.63, 3.8) is 0 Å². The minimum Gasteiger partial charge on any atom is -0.349 e. The third-order valence-corrected chi connectivity index (χ3v) is 2.23. The maximum absolute atomic E-state index is 11.4. The smallest absolute Gasteiger partial charge is 0.269 e. The van der Waals surface area contributed by atoms with Crippen LogP contribution in [-0.2, 0) is 4.79 Å². The molecule has 1 amide bonds. The quantitative estimate of drug-likeness (QED) is 0.348. The Balaban J connectivity index is 2.49. The van der Waals surface area contributed by atoms with Crippen LogP contribution in [0, 0.1) is 10.1 Å². The van der Waals surface area contributed by atoms with Crippen LogP contribution in [0.25, 0.3) is 6.08 Å². The number of nitrogens with one attached hydrogen (secondary N) is 1. The SMILES string of the molecule is NC/C=C/CNC(=O)/C=C/c1ccc([N+](=O)[O-])cc1. The number of non-ortho nitro benzene ring substituents is 1. The minimum absolute atomic E-state index is 0.0218. The van der Waals surface area contributed by atoms with E-state index in [1.807, 2.05) is 0 Å². The van der Waals surface area contributed by atoms with Crippen LogP contribution in [0.15, 0.2) is 42.5 Å². The summed E-state index contributed by atoms with van der Waals surface area (Å²) in [4.78, 5) is 21.4. The molecule has 1 aromatic carbocycles. The molecule has 0 aliphatic carbocycles. The maximum Gasteiger partial charge on any atom is 0.269 e. The molecule has 0 saturated heterocycles. The highest BCUT2D eigenvalue weighted by Crippen LogP contribution is 2.12. The van der Waals surface area contributed by atoms with Crippen molar-refractivity contribution >= 4 is 17.7 Å². The zero-order valence-corrected chi connectivity index (χ0v) is 10.3. The molecule has 0 heterocycles. The Morgan fingerprint density at radius 1 is 1.32 bits per heavy atom. The number of benzene rings is 1. The van der Waals surface area contributed by atoms with Gasteiger partial charge in [-0.2, -0.15) is 0 Å². The summed E-state index contributed by atoms with van der Waals surface area (Å²) in [5, 5.41) is 13.1. The Labute approximate surface area is 110 Å². The number of nitrogens with zero attached hydrogens (tertiary/aromatic N) is 1. The normalized spacial score (nSPS) is 11.0. The third-order valence-electron chi connectivity index (χ3n) is 2.23. The van der Waals surface area contributed by atoms with Crippen LogP contribution in [0.1, 0.15) is 5.56 Å². The molecule has 0 aliphatic rings. The highest BCUT2D eigenvalue weighted by molar-refractivity contribution is 5.91. The summed E-state index contributed by atoms with van der Waals surface area (Å²) in [5.74, 6) is -0.236. The van der Waals surface area contributed by atoms with E-state index in [1.54, 1.807) is 30.4 Å². The van der Waals surface area contributed by atoms with E-state index in [9.17, 15) is 14.9 Å². The second-order valence-corrected chi connectivity index (χ2v) is 3.63. The topological polar surface area (TPSA) is 98.3 Å². The van der Waals surface area contributed by atoms with Crippen molar-refractivity contribution in [2.24, 2.45) is 5.73 Å². The van der Waals surface area contributed by atoms with Crippen LogP contribution in [0.2, 0.25) is 0 Å². The Morgan fingerprint density at radius 2 is 2.00 bits per heavy atom. The molecular formula is C13H15N3O3. The Kier molecular flexibility index (Phi) is 5.97. The first-order valence-electron chi connectivity index (χ1n) is 5.69. The van der Waals surface area contributed by atoms with E-state index in [-0.39, 0.29) is 11.6 Å². The Morgan fingerprint density at radius 3 is 2.58 bits per heavy atom. The van der Waals surface area contributed by atoms with Crippen LogP contribution in [-0.4, -0.2) is 23.9 Å². The molecule has 0 aliphatic heterocycles. The maximum atomic E-state index is 11.4. The highest BCUT2D eigenvalue weighted by Gasteiger charge is 2.02. The van der Waals surface area contributed by atoms with Gasteiger partial charge in [0.05, 0.1) is 4.92 Å². The number of nitro benzene ring substituents is 1. The monoisotopic (exact) mass is 261 g/mol. The van der Waals surface area contributed by atoms with Gasteiger partial charge in [-0.25, -0.2) is 0 Å². The zero-order chi connectivity index (χ0) is 14.1. The van der Waals surface area contributed by atoms with E-state index in [0.717, 1.165) is 5.56 Å². The molecule has 0 aromatic heterocycles. The van der Waals surface area contributed by atoms with E-state index in [2.05, 4.69) is 5.32 Å². The molecule has 0 radical (unpaired) electrons. The summed E-state index contributed by atoms with van der Waals surface area (Å²) in [6, 6.07) is 5.94. The van der Waals surface area contributed by atoms with Crippen LogP contribution in [0.3, 0.4) is 0 Å². The summed E-state index contributed by atoms with van der Waals surface area (Å²) in [5.41, 5.74) is 5.99. The average Bonchev–Trinajstić information content (AvgIpc) is 2.42. The lowest BCUT2D eigenvalue weighted by Crippen LogP contribution is -2.20. The summed E-state index contributed by atoms with van der Waals surface area (Å²) in [6.07, 6.45) is 6.47. The van der Waals surface area contributed by atoms with Gasteiger partial charge in [-0.3, -0.25) is 14.9 Å². The lowest BCUT2D eigenvalue weighted by Gasteiger charge is -1.97. The van der Waals surface area contributed by atoms with Gasteiger partial charge < -0.3 is 11.1 Å². The molecule has 0 bridgehead atoms. The fourth-order valence-corrected chi connectivity index (χ4v) is 1.28. The van der Waals surface area contributed by atoms with Gasteiger partial charge in [0.25, 0.3) is 5.69 Å². The third kappa shape index (κ3) is 5.60. The fraction of sp³-hybridized carbons (Fsp3) is 0.154. The van der Waals surface area contributed by atoms with Crippen LogP contribution >= 0.6 is 0 Å². The molecule has 0 saturated carbocycles. The number of rotatable bonds is 6. The molecule has 0 unspecified atom stereocenters. The van der Waals surface area contributed by atoms with Gasteiger partial charge in [0.1, 0.15) is 0 Å². The van der Waals surface area contributed by atoms with Crippen molar-refractivity contribution in [1.82, 2.24) is 5.32 Å². The molecule has 19 heavy (non-hydrogen) atoms.